The third kappa shape index (κ3) is 3.48. The van der Waals surface area contributed by atoms with E-state index in [0.29, 0.717) is 13.2 Å². The summed E-state index contributed by atoms with van der Waals surface area (Å²) in [7, 11) is 1.67. The average Bonchev–Trinajstić information content (AvgIpc) is 3.18. The maximum absolute atomic E-state index is 6.10. The van der Waals surface area contributed by atoms with E-state index in [1.54, 1.807) is 7.11 Å². The summed E-state index contributed by atoms with van der Waals surface area (Å²) in [6.45, 7) is 1.26. The summed E-state index contributed by atoms with van der Waals surface area (Å²) in [6, 6.07) is 30.7. The number of ether oxygens (including phenoxy) is 2. The van der Waals surface area contributed by atoms with Crippen molar-refractivity contribution in [2.45, 2.75) is 6.54 Å². The van der Waals surface area contributed by atoms with Crippen LogP contribution < -0.4 is 9.47 Å². The zero-order chi connectivity index (χ0) is 20.3. The van der Waals surface area contributed by atoms with E-state index in [4.69, 9.17) is 14.5 Å². The lowest BCUT2D eigenvalue weighted by Gasteiger charge is -2.12. The minimum Gasteiger partial charge on any atom is -0.497 e. The summed E-state index contributed by atoms with van der Waals surface area (Å²) in [6.07, 6.45) is 0. The van der Waals surface area contributed by atoms with Gasteiger partial charge in [0.25, 0.3) is 0 Å². The van der Waals surface area contributed by atoms with Crippen molar-refractivity contribution in [1.29, 1.82) is 0 Å². The molecular formula is C26H22N2O2. The van der Waals surface area contributed by atoms with Crippen LogP contribution in [0.1, 0.15) is 0 Å². The Morgan fingerprint density at radius 3 is 2.33 bits per heavy atom. The van der Waals surface area contributed by atoms with Gasteiger partial charge in [0.2, 0.25) is 0 Å². The molecule has 1 heterocycles. The maximum Gasteiger partial charge on any atom is 0.141 e. The molecule has 0 radical (unpaired) electrons. The highest BCUT2D eigenvalue weighted by Gasteiger charge is 2.12. The number of imidazole rings is 1. The Balaban J connectivity index is 1.42. The second-order valence-electron chi connectivity index (χ2n) is 7.16. The van der Waals surface area contributed by atoms with Gasteiger partial charge in [-0.05, 0) is 59.3 Å². The first kappa shape index (κ1) is 18.3. The molecule has 0 fully saturated rings. The largest absolute Gasteiger partial charge is 0.497 e. The Kier molecular flexibility index (Phi) is 4.81. The first-order chi connectivity index (χ1) is 14.8. The quantitative estimate of drug-likeness (QED) is 0.357. The van der Waals surface area contributed by atoms with Crippen LogP contribution >= 0.6 is 0 Å². The van der Waals surface area contributed by atoms with Crippen LogP contribution in [-0.2, 0) is 6.54 Å². The number of rotatable bonds is 6. The van der Waals surface area contributed by atoms with E-state index in [2.05, 4.69) is 34.9 Å². The van der Waals surface area contributed by atoms with E-state index >= 15 is 0 Å². The molecule has 0 saturated carbocycles. The molecule has 0 saturated heterocycles. The number of aromatic nitrogens is 2. The summed E-state index contributed by atoms with van der Waals surface area (Å²) < 4.78 is 13.6. The van der Waals surface area contributed by atoms with Crippen molar-refractivity contribution in [2.75, 3.05) is 13.7 Å². The van der Waals surface area contributed by atoms with E-state index < -0.39 is 0 Å². The molecule has 30 heavy (non-hydrogen) atoms. The Labute approximate surface area is 175 Å². The molecule has 148 valence electrons. The zero-order valence-electron chi connectivity index (χ0n) is 16.8. The van der Waals surface area contributed by atoms with Crippen molar-refractivity contribution in [3.05, 3.63) is 91.0 Å². The summed E-state index contributed by atoms with van der Waals surface area (Å²) in [5, 5.41) is 2.40. The third-order valence-electron chi connectivity index (χ3n) is 5.31. The van der Waals surface area contributed by atoms with Gasteiger partial charge in [-0.2, -0.15) is 0 Å². The molecule has 0 bridgehead atoms. The van der Waals surface area contributed by atoms with Crippen LogP contribution in [0.2, 0.25) is 0 Å². The smallest absolute Gasteiger partial charge is 0.141 e. The van der Waals surface area contributed by atoms with Crippen molar-refractivity contribution in [3.63, 3.8) is 0 Å². The number of benzene rings is 4. The summed E-state index contributed by atoms with van der Waals surface area (Å²) in [4.78, 5) is 4.87. The van der Waals surface area contributed by atoms with Crippen molar-refractivity contribution < 1.29 is 9.47 Å². The molecule has 0 aliphatic heterocycles. The highest BCUT2D eigenvalue weighted by Crippen LogP contribution is 2.27. The number of fused-ring (bicyclic) bond motifs is 2. The zero-order valence-corrected chi connectivity index (χ0v) is 16.8. The van der Waals surface area contributed by atoms with Gasteiger partial charge in [-0.25, -0.2) is 4.98 Å². The van der Waals surface area contributed by atoms with Crippen LogP contribution in [-0.4, -0.2) is 23.3 Å². The first-order valence-electron chi connectivity index (χ1n) is 10.0. The van der Waals surface area contributed by atoms with Gasteiger partial charge >= 0.3 is 0 Å². The van der Waals surface area contributed by atoms with Gasteiger partial charge in [0.05, 0.1) is 24.7 Å². The fourth-order valence-corrected chi connectivity index (χ4v) is 3.77. The minimum absolute atomic E-state index is 0.557. The highest BCUT2D eigenvalue weighted by molar-refractivity contribution is 5.83. The fraction of sp³-hybridized carbons (Fsp3) is 0.115. The van der Waals surface area contributed by atoms with Crippen molar-refractivity contribution >= 4 is 21.8 Å². The second kappa shape index (κ2) is 7.91. The topological polar surface area (TPSA) is 36.3 Å². The summed E-state index contributed by atoms with van der Waals surface area (Å²) >= 11 is 0. The third-order valence-corrected chi connectivity index (χ3v) is 5.31. The van der Waals surface area contributed by atoms with E-state index in [9.17, 15) is 0 Å². The number of hydrogen-bond donors (Lipinski definition) is 0. The van der Waals surface area contributed by atoms with Gasteiger partial charge in [-0.3, -0.25) is 0 Å². The van der Waals surface area contributed by atoms with Crippen molar-refractivity contribution in [2.24, 2.45) is 0 Å². The molecular weight excluding hydrogens is 372 g/mol. The lowest BCUT2D eigenvalue weighted by atomic mass is 10.1. The summed E-state index contributed by atoms with van der Waals surface area (Å²) in [5.41, 5.74) is 3.14. The predicted octanol–water partition coefficient (Wildman–Crippen LogP) is 5.94. The van der Waals surface area contributed by atoms with Gasteiger partial charge in [0, 0.05) is 5.56 Å². The van der Waals surface area contributed by atoms with Gasteiger partial charge in [-0.15, -0.1) is 0 Å². The Bertz CT molecular complexity index is 1310. The fourth-order valence-electron chi connectivity index (χ4n) is 3.77. The van der Waals surface area contributed by atoms with Crippen molar-refractivity contribution in [3.8, 4) is 22.9 Å². The number of nitrogens with zero attached hydrogens (tertiary/aromatic N) is 2. The Hall–Kier alpha value is -3.79. The van der Waals surface area contributed by atoms with E-state index in [0.717, 1.165) is 33.9 Å². The van der Waals surface area contributed by atoms with Crippen LogP contribution in [0.25, 0.3) is 33.2 Å². The SMILES string of the molecule is COc1ccc(-c2nc3ccccc3n2CCOc2ccc3ccccc3c2)cc1. The highest BCUT2D eigenvalue weighted by atomic mass is 16.5. The molecule has 4 heteroatoms. The maximum atomic E-state index is 6.10. The van der Waals surface area contributed by atoms with Crippen LogP contribution in [0.15, 0.2) is 91.0 Å². The Morgan fingerprint density at radius 2 is 1.50 bits per heavy atom. The lowest BCUT2D eigenvalue weighted by molar-refractivity contribution is 0.301. The van der Waals surface area contributed by atoms with E-state index in [1.807, 2.05) is 60.7 Å². The minimum atomic E-state index is 0.557. The summed E-state index contributed by atoms with van der Waals surface area (Å²) in [5.74, 6) is 2.64. The van der Waals surface area contributed by atoms with Gasteiger partial charge in [0.1, 0.15) is 23.9 Å². The Morgan fingerprint density at radius 1 is 0.767 bits per heavy atom. The number of methoxy groups -OCH3 is 1. The van der Waals surface area contributed by atoms with E-state index in [1.165, 1.54) is 10.8 Å². The molecule has 0 unspecified atom stereocenters. The lowest BCUT2D eigenvalue weighted by Crippen LogP contribution is -2.09. The monoisotopic (exact) mass is 394 g/mol. The molecule has 4 nitrogen and oxygen atoms in total. The average molecular weight is 394 g/mol. The van der Waals surface area contributed by atoms with Crippen LogP contribution in [0, 0.1) is 0 Å². The van der Waals surface area contributed by atoms with Crippen molar-refractivity contribution in [1.82, 2.24) is 9.55 Å². The molecule has 0 atom stereocenters. The molecule has 4 aromatic carbocycles. The number of para-hydroxylation sites is 2. The van der Waals surface area contributed by atoms with Gasteiger partial charge < -0.3 is 14.0 Å². The second-order valence-corrected chi connectivity index (χ2v) is 7.16. The van der Waals surface area contributed by atoms with Gasteiger partial charge in [0.15, 0.2) is 0 Å². The normalized spacial score (nSPS) is 11.1. The van der Waals surface area contributed by atoms with Crippen LogP contribution in [0.5, 0.6) is 11.5 Å². The molecule has 0 aliphatic rings. The molecule has 0 amide bonds. The van der Waals surface area contributed by atoms with Crippen LogP contribution in [0.4, 0.5) is 0 Å². The molecule has 1 aromatic heterocycles. The molecule has 0 aliphatic carbocycles. The number of hydrogen-bond acceptors (Lipinski definition) is 3. The standard InChI is InChI=1S/C26H22N2O2/c1-29-22-13-11-20(12-14-22)26-27-24-8-4-5-9-25(24)28(26)16-17-30-23-15-10-19-6-2-3-7-21(19)18-23/h2-15,18H,16-17H2,1H3. The van der Waals surface area contributed by atoms with Gasteiger partial charge in [-0.1, -0.05) is 42.5 Å². The molecule has 0 spiro atoms. The molecule has 0 N–H and O–H groups in total. The predicted molar refractivity (Wildman–Crippen MR) is 121 cm³/mol. The first-order valence-corrected chi connectivity index (χ1v) is 10.0. The molecule has 5 rings (SSSR count). The van der Waals surface area contributed by atoms with Crippen LogP contribution in [0.3, 0.4) is 0 Å². The van der Waals surface area contributed by atoms with E-state index in [-0.39, 0.29) is 0 Å². The molecule has 5 aromatic rings.